The van der Waals surface area contributed by atoms with Crippen molar-refractivity contribution in [2.24, 2.45) is 0 Å². The van der Waals surface area contributed by atoms with Crippen LogP contribution in [-0.2, 0) is 19.4 Å². The maximum absolute atomic E-state index is 12.3. The van der Waals surface area contributed by atoms with Crippen LogP contribution >= 0.6 is 11.6 Å². The maximum Gasteiger partial charge on any atom is 0.254 e. The standard InChI is InChI=1S/C18H20ClN3O/c1-11-20-17-9-15-7-6-14(8-16(17)18(23)21-11)22(15)10-12-2-4-13(19)5-3-12/h2-5,14-15H,6-10H2,1H3,(H,20,21,23)/t14-,15+/m0/s1. The van der Waals surface area contributed by atoms with Crippen LogP contribution < -0.4 is 5.56 Å². The summed E-state index contributed by atoms with van der Waals surface area (Å²) >= 11 is 5.98. The third kappa shape index (κ3) is 2.81. The molecule has 2 aliphatic heterocycles. The van der Waals surface area contributed by atoms with Crippen molar-refractivity contribution in [3.63, 3.8) is 0 Å². The zero-order valence-electron chi connectivity index (χ0n) is 13.2. The largest absolute Gasteiger partial charge is 0.311 e. The van der Waals surface area contributed by atoms with Gasteiger partial charge in [0.25, 0.3) is 5.56 Å². The molecule has 2 aliphatic rings. The second-order valence-electron chi connectivity index (χ2n) is 6.67. The number of nitrogens with one attached hydrogen (secondary N) is 1. The first-order valence-electron chi connectivity index (χ1n) is 8.19. The fourth-order valence-electron chi connectivity index (χ4n) is 4.02. The van der Waals surface area contributed by atoms with E-state index in [0.717, 1.165) is 47.9 Å². The second-order valence-corrected chi connectivity index (χ2v) is 7.11. The molecular formula is C18H20ClN3O. The van der Waals surface area contributed by atoms with E-state index in [2.05, 4.69) is 27.0 Å². The number of nitrogens with zero attached hydrogens (tertiary/aromatic N) is 2. The van der Waals surface area contributed by atoms with E-state index in [1.54, 1.807) is 0 Å². The van der Waals surface area contributed by atoms with Crippen molar-refractivity contribution in [3.05, 3.63) is 62.3 Å². The molecule has 120 valence electrons. The Morgan fingerprint density at radius 1 is 1.22 bits per heavy atom. The molecule has 1 saturated heterocycles. The number of rotatable bonds is 2. The van der Waals surface area contributed by atoms with Gasteiger partial charge in [-0.3, -0.25) is 9.69 Å². The SMILES string of the molecule is Cc1nc2c(c(=O)[nH]1)C[C@@H]1CC[C@H](C2)N1Cc1ccc(Cl)cc1. The van der Waals surface area contributed by atoms with E-state index in [1.165, 1.54) is 12.0 Å². The summed E-state index contributed by atoms with van der Waals surface area (Å²) in [6.45, 7) is 2.77. The molecule has 1 N–H and O–H groups in total. The highest BCUT2D eigenvalue weighted by atomic mass is 35.5. The lowest BCUT2D eigenvalue weighted by Gasteiger charge is -2.27. The van der Waals surface area contributed by atoms with Gasteiger partial charge in [0.2, 0.25) is 0 Å². The van der Waals surface area contributed by atoms with Crippen molar-refractivity contribution in [2.75, 3.05) is 0 Å². The molecule has 5 heteroatoms. The van der Waals surface area contributed by atoms with E-state index in [0.29, 0.717) is 12.1 Å². The van der Waals surface area contributed by atoms with Gasteiger partial charge in [-0.25, -0.2) is 4.98 Å². The molecular weight excluding hydrogens is 310 g/mol. The molecule has 3 heterocycles. The van der Waals surface area contributed by atoms with E-state index < -0.39 is 0 Å². The van der Waals surface area contributed by atoms with E-state index in [4.69, 9.17) is 11.6 Å². The molecule has 4 rings (SSSR count). The zero-order valence-corrected chi connectivity index (χ0v) is 13.9. The number of aryl methyl sites for hydroxylation is 1. The van der Waals surface area contributed by atoms with Gasteiger partial charge < -0.3 is 4.98 Å². The van der Waals surface area contributed by atoms with Crippen LogP contribution in [0.25, 0.3) is 0 Å². The molecule has 0 radical (unpaired) electrons. The number of hydrogen-bond acceptors (Lipinski definition) is 3. The van der Waals surface area contributed by atoms with Gasteiger partial charge in [-0.1, -0.05) is 23.7 Å². The molecule has 4 nitrogen and oxygen atoms in total. The predicted molar refractivity (Wildman–Crippen MR) is 90.8 cm³/mol. The number of aromatic nitrogens is 2. The first kappa shape index (κ1) is 14.9. The summed E-state index contributed by atoms with van der Waals surface area (Å²) in [7, 11) is 0. The van der Waals surface area contributed by atoms with Gasteiger partial charge in [0.05, 0.1) is 5.69 Å². The van der Waals surface area contributed by atoms with Crippen LogP contribution in [-0.4, -0.2) is 27.0 Å². The summed E-state index contributed by atoms with van der Waals surface area (Å²) in [5.74, 6) is 0.718. The third-order valence-corrected chi connectivity index (χ3v) is 5.39. The Bertz CT molecular complexity index is 784. The van der Waals surface area contributed by atoms with Crippen molar-refractivity contribution in [1.82, 2.24) is 14.9 Å². The Morgan fingerprint density at radius 2 is 1.91 bits per heavy atom. The molecule has 0 amide bonds. The number of halogens is 1. The van der Waals surface area contributed by atoms with Crippen LogP contribution in [0.3, 0.4) is 0 Å². The summed E-state index contributed by atoms with van der Waals surface area (Å²) in [6, 6.07) is 8.99. The lowest BCUT2D eigenvalue weighted by molar-refractivity contribution is 0.187. The molecule has 0 aliphatic carbocycles. The topological polar surface area (TPSA) is 49.0 Å². The molecule has 1 aromatic carbocycles. The Morgan fingerprint density at radius 3 is 2.65 bits per heavy atom. The maximum atomic E-state index is 12.3. The molecule has 0 unspecified atom stereocenters. The smallest absolute Gasteiger partial charge is 0.254 e. The minimum Gasteiger partial charge on any atom is -0.311 e. The van der Waals surface area contributed by atoms with Gasteiger partial charge in [-0.15, -0.1) is 0 Å². The van der Waals surface area contributed by atoms with E-state index in [9.17, 15) is 4.79 Å². The van der Waals surface area contributed by atoms with E-state index in [-0.39, 0.29) is 5.56 Å². The average Bonchev–Trinajstić information content (AvgIpc) is 2.78. The molecule has 2 atom stereocenters. The summed E-state index contributed by atoms with van der Waals surface area (Å²) in [6.07, 6.45) is 4.03. The summed E-state index contributed by atoms with van der Waals surface area (Å²) < 4.78 is 0. The van der Waals surface area contributed by atoms with Crippen LogP contribution in [0.15, 0.2) is 29.1 Å². The van der Waals surface area contributed by atoms with Crippen LogP contribution in [0.5, 0.6) is 0 Å². The molecule has 0 saturated carbocycles. The summed E-state index contributed by atoms with van der Waals surface area (Å²) in [5, 5.41) is 0.770. The minimum atomic E-state index is 0.0477. The number of hydrogen-bond donors (Lipinski definition) is 1. The van der Waals surface area contributed by atoms with Crippen molar-refractivity contribution in [1.29, 1.82) is 0 Å². The van der Waals surface area contributed by atoms with Gasteiger partial charge in [-0.05, 0) is 43.9 Å². The van der Waals surface area contributed by atoms with Crippen molar-refractivity contribution in [2.45, 2.75) is 51.2 Å². The van der Waals surface area contributed by atoms with Gasteiger partial charge in [-0.2, -0.15) is 0 Å². The van der Waals surface area contributed by atoms with Gasteiger partial charge >= 0.3 is 0 Å². The highest BCUT2D eigenvalue weighted by Gasteiger charge is 2.38. The van der Waals surface area contributed by atoms with Crippen molar-refractivity contribution >= 4 is 11.6 Å². The molecule has 1 fully saturated rings. The molecule has 2 aromatic rings. The molecule has 23 heavy (non-hydrogen) atoms. The number of H-pyrrole nitrogens is 1. The van der Waals surface area contributed by atoms with Crippen LogP contribution in [0.4, 0.5) is 0 Å². The lowest BCUT2D eigenvalue weighted by atomic mass is 9.98. The van der Waals surface area contributed by atoms with Crippen LogP contribution in [0.2, 0.25) is 5.02 Å². The first-order chi connectivity index (χ1) is 11.1. The first-order valence-corrected chi connectivity index (χ1v) is 8.57. The molecule has 0 spiro atoms. The fraction of sp³-hybridized carbons (Fsp3) is 0.444. The quantitative estimate of drug-likeness (QED) is 0.921. The van der Waals surface area contributed by atoms with Crippen LogP contribution in [0, 0.1) is 6.92 Å². The van der Waals surface area contributed by atoms with Gasteiger partial charge in [0, 0.05) is 35.6 Å². The van der Waals surface area contributed by atoms with Crippen LogP contribution in [0.1, 0.15) is 35.5 Å². The second kappa shape index (κ2) is 5.77. The summed E-state index contributed by atoms with van der Waals surface area (Å²) in [4.78, 5) is 22.3. The van der Waals surface area contributed by atoms with E-state index in [1.807, 2.05) is 19.1 Å². The highest BCUT2D eigenvalue weighted by Crippen LogP contribution is 2.33. The van der Waals surface area contributed by atoms with Crippen molar-refractivity contribution < 1.29 is 0 Å². The predicted octanol–water partition coefficient (Wildman–Crippen LogP) is 2.86. The zero-order chi connectivity index (χ0) is 16.0. The van der Waals surface area contributed by atoms with E-state index >= 15 is 0 Å². The van der Waals surface area contributed by atoms with Crippen molar-refractivity contribution in [3.8, 4) is 0 Å². The van der Waals surface area contributed by atoms with Gasteiger partial charge in [0.15, 0.2) is 0 Å². The third-order valence-electron chi connectivity index (χ3n) is 5.14. The normalized spacial score (nSPS) is 23.6. The Balaban J connectivity index is 1.64. The molecule has 2 bridgehead atoms. The number of fused-ring (bicyclic) bond motifs is 3. The Labute approximate surface area is 140 Å². The Hall–Kier alpha value is -1.65. The lowest BCUT2D eigenvalue weighted by Crippen LogP contribution is -2.36. The monoisotopic (exact) mass is 329 g/mol. The fourth-order valence-corrected chi connectivity index (χ4v) is 4.14. The number of benzene rings is 1. The Kier molecular flexibility index (Phi) is 3.74. The highest BCUT2D eigenvalue weighted by molar-refractivity contribution is 6.30. The summed E-state index contributed by atoms with van der Waals surface area (Å²) in [5.41, 5.74) is 3.21. The average molecular weight is 330 g/mol. The number of aromatic amines is 1. The molecule has 1 aromatic heterocycles. The minimum absolute atomic E-state index is 0.0477. The van der Waals surface area contributed by atoms with Gasteiger partial charge in [0.1, 0.15) is 5.82 Å².